The molecular formula is C20H24FN5O2. The number of nitrogens with two attached hydrogens (primary N) is 1. The molecule has 28 heavy (non-hydrogen) atoms. The van der Waals surface area contributed by atoms with E-state index in [2.05, 4.69) is 14.9 Å². The summed E-state index contributed by atoms with van der Waals surface area (Å²) >= 11 is 0. The Morgan fingerprint density at radius 3 is 2.86 bits per heavy atom. The molecule has 1 aromatic heterocycles. The number of hydrogen-bond donors (Lipinski definition) is 3. The van der Waals surface area contributed by atoms with Crippen molar-refractivity contribution in [1.82, 2.24) is 9.97 Å². The van der Waals surface area contributed by atoms with Crippen molar-refractivity contribution in [3.8, 4) is 5.75 Å². The van der Waals surface area contributed by atoms with Crippen molar-refractivity contribution in [3.63, 3.8) is 0 Å². The molecule has 0 spiro atoms. The Kier molecular flexibility index (Phi) is 4.66. The van der Waals surface area contributed by atoms with Crippen molar-refractivity contribution in [3.05, 3.63) is 41.6 Å². The van der Waals surface area contributed by atoms with Crippen LogP contribution in [0, 0.1) is 17.1 Å². The first kappa shape index (κ1) is 18.6. The third-order valence-corrected chi connectivity index (χ3v) is 5.46. The number of ether oxygens (including phenoxy) is 1. The molecule has 1 saturated heterocycles. The highest BCUT2D eigenvalue weighted by atomic mass is 19.1. The number of aromatic nitrogens is 2. The third kappa shape index (κ3) is 3.64. The Morgan fingerprint density at radius 1 is 1.39 bits per heavy atom. The number of halogens is 1. The molecule has 1 atom stereocenters. The van der Waals surface area contributed by atoms with Crippen LogP contribution >= 0.6 is 0 Å². The minimum Gasteiger partial charge on any atom is -0.484 e. The van der Waals surface area contributed by atoms with Crippen LogP contribution in [0.1, 0.15) is 37.4 Å². The van der Waals surface area contributed by atoms with Crippen LogP contribution < -0.4 is 15.4 Å². The van der Waals surface area contributed by atoms with Crippen LogP contribution in [0.3, 0.4) is 0 Å². The number of aliphatic hydroxyl groups excluding tert-OH is 1. The fraction of sp³-hybridized carbons (Fsp3) is 0.450. The summed E-state index contributed by atoms with van der Waals surface area (Å²) in [4.78, 5) is 10.6. The maximum Gasteiger partial charge on any atom is 0.167 e. The SMILES string of the molecule is CC1(Oc2cc(C(=N)c3cc(N4CC[C@@H](CO)C4)ncn3)c(N)cc2F)CC1. The van der Waals surface area contributed by atoms with Crippen LogP contribution in [0.15, 0.2) is 24.5 Å². The molecular weight excluding hydrogens is 361 g/mol. The van der Waals surface area contributed by atoms with Crippen molar-refractivity contribution in [1.29, 1.82) is 5.41 Å². The van der Waals surface area contributed by atoms with E-state index in [9.17, 15) is 9.50 Å². The summed E-state index contributed by atoms with van der Waals surface area (Å²) < 4.78 is 20.0. The number of nitrogen functional groups attached to an aromatic ring is 1. The van der Waals surface area contributed by atoms with Crippen LogP contribution in [-0.2, 0) is 0 Å². The number of anilines is 2. The van der Waals surface area contributed by atoms with Crippen molar-refractivity contribution in [2.75, 3.05) is 30.3 Å². The van der Waals surface area contributed by atoms with Gasteiger partial charge in [-0.15, -0.1) is 0 Å². The summed E-state index contributed by atoms with van der Waals surface area (Å²) in [6.07, 6.45) is 4.07. The van der Waals surface area contributed by atoms with Crippen LogP contribution in [0.2, 0.25) is 0 Å². The first-order valence-corrected chi connectivity index (χ1v) is 9.44. The van der Waals surface area contributed by atoms with E-state index < -0.39 is 5.82 Å². The molecule has 148 valence electrons. The van der Waals surface area contributed by atoms with Gasteiger partial charge in [0, 0.05) is 49.0 Å². The second kappa shape index (κ2) is 7.01. The highest BCUT2D eigenvalue weighted by Gasteiger charge is 2.40. The second-order valence-electron chi connectivity index (χ2n) is 7.84. The molecule has 4 rings (SSSR count). The summed E-state index contributed by atoms with van der Waals surface area (Å²) in [6, 6.07) is 4.41. The van der Waals surface area contributed by atoms with Gasteiger partial charge in [-0.05, 0) is 32.3 Å². The smallest absolute Gasteiger partial charge is 0.167 e. The van der Waals surface area contributed by atoms with E-state index in [0.29, 0.717) is 17.1 Å². The van der Waals surface area contributed by atoms with Gasteiger partial charge in [0.05, 0.1) is 11.4 Å². The molecule has 0 amide bonds. The lowest BCUT2D eigenvalue weighted by atomic mass is 10.0. The van der Waals surface area contributed by atoms with E-state index in [0.717, 1.165) is 32.4 Å². The lowest BCUT2D eigenvalue weighted by molar-refractivity contribution is 0.191. The number of aliphatic hydroxyl groups is 1. The number of nitrogens with one attached hydrogen (secondary N) is 1. The van der Waals surface area contributed by atoms with E-state index in [1.165, 1.54) is 18.5 Å². The van der Waals surface area contributed by atoms with Crippen molar-refractivity contribution in [2.24, 2.45) is 5.92 Å². The molecule has 0 unspecified atom stereocenters. The Labute approximate surface area is 162 Å². The summed E-state index contributed by atoms with van der Waals surface area (Å²) in [7, 11) is 0. The van der Waals surface area contributed by atoms with Gasteiger partial charge < -0.3 is 20.5 Å². The van der Waals surface area contributed by atoms with Crippen LogP contribution in [0.5, 0.6) is 5.75 Å². The second-order valence-corrected chi connectivity index (χ2v) is 7.84. The van der Waals surface area contributed by atoms with Gasteiger partial charge in [-0.2, -0.15) is 0 Å². The maximum atomic E-state index is 14.3. The van der Waals surface area contributed by atoms with Gasteiger partial charge in [0.1, 0.15) is 17.7 Å². The maximum absolute atomic E-state index is 14.3. The molecule has 8 heteroatoms. The zero-order chi connectivity index (χ0) is 19.9. The average Bonchev–Trinajstić information content (AvgIpc) is 3.22. The predicted molar refractivity (Wildman–Crippen MR) is 104 cm³/mol. The minimum atomic E-state index is -0.530. The highest BCUT2D eigenvalue weighted by molar-refractivity contribution is 6.13. The van der Waals surface area contributed by atoms with E-state index in [1.807, 2.05) is 6.92 Å². The molecule has 1 saturated carbocycles. The number of benzene rings is 1. The standard InChI is InChI=1S/C20H24FN5O2/c1-20(3-4-20)28-17-6-13(15(22)7-14(17)21)19(23)16-8-18(25-11-24-16)26-5-2-12(9-26)10-27/h6-8,11-12,23,27H,2-5,9-10,22H2,1H3/t12-/m1/s1. The summed E-state index contributed by atoms with van der Waals surface area (Å²) in [5, 5.41) is 17.9. The normalized spacial score (nSPS) is 20.2. The van der Waals surface area contributed by atoms with E-state index in [1.54, 1.807) is 6.07 Å². The molecule has 2 aromatic rings. The quantitative estimate of drug-likeness (QED) is 0.520. The van der Waals surface area contributed by atoms with Gasteiger partial charge >= 0.3 is 0 Å². The monoisotopic (exact) mass is 385 g/mol. The van der Waals surface area contributed by atoms with E-state index >= 15 is 0 Å². The Hall–Kier alpha value is -2.74. The van der Waals surface area contributed by atoms with Crippen molar-refractivity contribution in [2.45, 2.75) is 31.8 Å². The Morgan fingerprint density at radius 2 is 2.18 bits per heavy atom. The lowest BCUT2D eigenvalue weighted by Gasteiger charge is -2.18. The molecule has 0 radical (unpaired) electrons. The first-order chi connectivity index (χ1) is 13.4. The van der Waals surface area contributed by atoms with Crippen LogP contribution in [0.4, 0.5) is 15.9 Å². The molecule has 7 nitrogen and oxygen atoms in total. The predicted octanol–water partition coefficient (Wildman–Crippen LogP) is 2.36. The fourth-order valence-electron chi connectivity index (χ4n) is 3.39. The number of rotatable bonds is 6. The molecule has 1 aromatic carbocycles. The number of hydrogen-bond acceptors (Lipinski definition) is 7. The van der Waals surface area contributed by atoms with Crippen molar-refractivity contribution >= 4 is 17.2 Å². The van der Waals surface area contributed by atoms with E-state index in [-0.39, 0.29) is 35.3 Å². The van der Waals surface area contributed by atoms with Gasteiger partial charge in [-0.25, -0.2) is 14.4 Å². The molecule has 4 N–H and O–H groups in total. The topological polar surface area (TPSA) is 108 Å². The van der Waals surface area contributed by atoms with Crippen LogP contribution in [-0.4, -0.2) is 46.1 Å². The van der Waals surface area contributed by atoms with Gasteiger partial charge in [0.2, 0.25) is 0 Å². The summed E-state index contributed by atoms with van der Waals surface area (Å²) in [5.41, 5.74) is 6.68. The molecule has 2 heterocycles. The van der Waals surface area contributed by atoms with Crippen LogP contribution in [0.25, 0.3) is 0 Å². The molecule has 1 aliphatic carbocycles. The van der Waals surface area contributed by atoms with Gasteiger partial charge in [0.15, 0.2) is 11.6 Å². The Bertz CT molecular complexity index is 915. The molecule has 2 fully saturated rings. The van der Waals surface area contributed by atoms with Gasteiger partial charge in [-0.1, -0.05) is 0 Å². The average molecular weight is 385 g/mol. The zero-order valence-electron chi connectivity index (χ0n) is 15.8. The minimum absolute atomic E-state index is 0.0878. The molecule has 0 bridgehead atoms. The first-order valence-electron chi connectivity index (χ1n) is 9.44. The van der Waals surface area contributed by atoms with Gasteiger partial charge in [0.25, 0.3) is 0 Å². The molecule has 2 aliphatic rings. The van der Waals surface area contributed by atoms with Gasteiger partial charge in [-0.3, -0.25) is 5.41 Å². The van der Waals surface area contributed by atoms with E-state index in [4.69, 9.17) is 15.9 Å². The number of nitrogens with zero attached hydrogens (tertiary/aromatic N) is 3. The summed E-state index contributed by atoms with van der Waals surface area (Å²) in [6.45, 7) is 3.60. The third-order valence-electron chi connectivity index (χ3n) is 5.46. The Balaban J connectivity index is 1.61. The lowest BCUT2D eigenvalue weighted by Crippen LogP contribution is -2.22. The summed E-state index contributed by atoms with van der Waals surface area (Å²) in [5.74, 6) is 0.508. The fourth-order valence-corrected chi connectivity index (χ4v) is 3.39. The molecule has 1 aliphatic heterocycles. The highest BCUT2D eigenvalue weighted by Crippen LogP contribution is 2.41. The largest absolute Gasteiger partial charge is 0.484 e. The zero-order valence-corrected chi connectivity index (χ0v) is 15.8. The van der Waals surface area contributed by atoms with Crippen molar-refractivity contribution < 1.29 is 14.2 Å².